The van der Waals surface area contributed by atoms with Crippen LogP contribution in [-0.2, 0) is 19.6 Å². The van der Waals surface area contributed by atoms with Gasteiger partial charge in [0, 0.05) is 13.0 Å². The number of esters is 1. The number of hydrogen-bond donors (Lipinski definition) is 2. The molecule has 2 N–H and O–H groups in total. The zero-order valence-corrected chi connectivity index (χ0v) is 18.4. The maximum atomic E-state index is 13.5. The van der Waals surface area contributed by atoms with Crippen molar-refractivity contribution >= 4 is 27.6 Å². The first kappa shape index (κ1) is 24.2. The number of ether oxygens (including phenoxy) is 2. The van der Waals surface area contributed by atoms with E-state index < -0.39 is 21.9 Å². The molecule has 0 saturated carbocycles. The van der Waals surface area contributed by atoms with Gasteiger partial charge in [0.15, 0.2) is 0 Å². The van der Waals surface area contributed by atoms with Crippen LogP contribution < -0.4 is 14.5 Å². The van der Waals surface area contributed by atoms with Crippen LogP contribution in [0.4, 0.5) is 5.69 Å². The highest BCUT2D eigenvalue weighted by molar-refractivity contribution is 7.92. The van der Waals surface area contributed by atoms with E-state index in [1.54, 1.807) is 31.5 Å². The second-order valence-corrected chi connectivity index (χ2v) is 8.44. The van der Waals surface area contributed by atoms with Gasteiger partial charge in [-0.3, -0.25) is 19.1 Å². The van der Waals surface area contributed by atoms with Crippen LogP contribution >= 0.6 is 0 Å². The summed E-state index contributed by atoms with van der Waals surface area (Å²) in [6.45, 7) is 3.49. The molecule has 0 saturated heterocycles. The highest BCUT2D eigenvalue weighted by Crippen LogP contribution is 2.31. The third-order valence-electron chi connectivity index (χ3n) is 4.53. The molecule has 1 amide bonds. The smallest absolute Gasteiger partial charge is 0.305 e. The zero-order chi connectivity index (χ0) is 23.0. The Hall–Kier alpha value is -3.11. The summed E-state index contributed by atoms with van der Waals surface area (Å²) < 4.78 is 38.1. The first-order valence-electron chi connectivity index (χ1n) is 9.62. The lowest BCUT2D eigenvalue weighted by Gasteiger charge is -2.28. The molecule has 0 unspecified atom stereocenters. The van der Waals surface area contributed by atoms with Crippen molar-refractivity contribution in [3.63, 3.8) is 0 Å². The van der Waals surface area contributed by atoms with Crippen LogP contribution in [0.25, 0.3) is 0 Å². The molecule has 9 nitrogen and oxygen atoms in total. The van der Waals surface area contributed by atoms with Gasteiger partial charge in [0.2, 0.25) is 0 Å². The Kier molecular flexibility index (Phi) is 8.40. The number of carbonyl (C=O) groups excluding carboxylic acids is 2. The minimum absolute atomic E-state index is 0.00981. The SMILES string of the molecule is CCOC(=O)CCCN(c1c(C)cccc1C(=O)NO)S(=O)(=O)c1ccc(OC)cc1. The molecule has 0 atom stereocenters. The zero-order valence-electron chi connectivity index (χ0n) is 17.6. The Morgan fingerprint density at radius 3 is 2.39 bits per heavy atom. The third kappa shape index (κ3) is 5.74. The Bertz CT molecular complexity index is 1020. The average Bonchev–Trinajstić information content (AvgIpc) is 2.76. The van der Waals surface area contributed by atoms with Crippen molar-refractivity contribution in [2.45, 2.75) is 31.6 Å². The average molecular weight is 451 g/mol. The van der Waals surface area contributed by atoms with E-state index in [4.69, 9.17) is 14.7 Å². The van der Waals surface area contributed by atoms with Gasteiger partial charge in [-0.2, -0.15) is 0 Å². The van der Waals surface area contributed by atoms with Crippen LogP contribution in [0.1, 0.15) is 35.7 Å². The molecule has 0 bridgehead atoms. The number of nitrogens with zero attached hydrogens (tertiary/aromatic N) is 1. The second kappa shape index (κ2) is 10.8. The Morgan fingerprint density at radius 1 is 1.13 bits per heavy atom. The Balaban J connectivity index is 2.53. The van der Waals surface area contributed by atoms with Crippen molar-refractivity contribution in [1.82, 2.24) is 5.48 Å². The fraction of sp³-hybridized carbons (Fsp3) is 0.333. The van der Waals surface area contributed by atoms with E-state index in [0.717, 1.165) is 4.31 Å². The van der Waals surface area contributed by atoms with Gasteiger partial charge in [0.25, 0.3) is 15.9 Å². The highest BCUT2D eigenvalue weighted by Gasteiger charge is 2.29. The monoisotopic (exact) mass is 450 g/mol. The number of sulfonamides is 1. The predicted octanol–water partition coefficient (Wildman–Crippen LogP) is 2.66. The molecule has 0 radical (unpaired) electrons. The molecular formula is C21H26N2O7S. The molecular weight excluding hydrogens is 424 g/mol. The van der Waals surface area contributed by atoms with Gasteiger partial charge in [-0.05, 0) is 56.2 Å². The summed E-state index contributed by atoms with van der Waals surface area (Å²) in [6.07, 6.45) is 0.179. The molecule has 0 aliphatic rings. The lowest BCUT2D eigenvalue weighted by Crippen LogP contribution is -2.35. The molecule has 0 aromatic heterocycles. The maximum Gasteiger partial charge on any atom is 0.305 e. The van der Waals surface area contributed by atoms with E-state index in [1.807, 2.05) is 0 Å². The molecule has 0 fully saturated rings. The predicted molar refractivity (Wildman–Crippen MR) is 114 cm³/mol. The summed E-state index contributed by atoms with van der Waals surface area (Å²) in [5, 5.41) is 9.13. The maximum absolute atomic E-state index is 13.5. The Morgan fingerprint density at radius 2 is 1.81 bits per heavy atom. The number of methoxy groups -OCH3 is 1. The van der Waals surface area contributed by atoms with Crippen LogP contribution in [0.3, 0.4) is 0 Å². The van der Waals surface area contributed by atoms with E-state index in [-0.39, 0.29) is 42.1 Å². The molecule has 2 aromatic rings. The lowest BCUT2D eigenvalue weighted by molar-refractivity contribution is -0.143. The summed E-state index contributed by atoms with van der Waals surface area (Å²) in [4.78, 5) is 24.0. The molecule has 0 spiro atoms. The molecule has 0 aliphatic carbocycles. The normalized spacial score (nSPS) is 11.0. The van der Waals surface area contributed by atoms with Crippen LogP contribution in [0, 0.1) is 6.92 Å². The first-order chi connectivity index (χ1) is 14.8. The van der Waals surface area contributed by atoms with Crippen LogP contribution in [0.5, 0.6) is 5.75 Å². The number of hydroxylamine groups is 1. The number of amides is 1. The van der Waals surface area contributed by atoms with Gasteiger partial charge in [0.1, 0.15) is 5.75 Å². The molecule has 2 aromatic carbocycles. The largest absolute Gasteiger partial charge is 0.497 e. The van der Waals surface area contributed by atoms with Crippen LogP contribution in [0.15, 0.2) is 47.4 Å². The van der Waals surface area contributed by atoms with E-state index in [2.05, 4.69) is 0 Å². The summed E-state index contributed by atoms with van der Waals surface area (Å²) in [6, 6.07) is 10.5. The van der Waals surface area contributed by atoms with E-state index in [0.29, 0.717) is 11.3 Å². The van der Waals surface area contributed by atoms with E-state index in [1.165, 1.54) is 37.4 Å². The van der Waals surface area contributed by atoms with Crippen molar-refractivity contribution in [3.05, 3.63) is 53.6 Å². The second-order valence-electron chi connectivity index (χ2n) is 6.57. The molecule has 31 heavy (non-hydrogen) atoms. The summed E-state index contributed by atoms with van der Waals surface area (Å²) in [5.74, 6) is -0.800. The van der Waals surface area contributed by atoms with Gasteiger partial charge in [0.05, 0.1) is 29.9 Å². The van der Waals surface area contributed by atoms with Crippen molar-refractivity contribution in [3.8, 4) is 5.75 Å². The van der Waals surface area contributed by atoms with Gasteiger partial charge < -0.3 is 9.47 Å². The van der Waals surface area contributed by atoms with Gasteiger partial charge in [-0.1, -0.05) is 12.1 Å². The number of para-hydroxylation sites is 1. The first-order valence-corrected chi connectivity index (χ1v) is 11.1. The number of carbonyl (C=O) groups is 2. The number of rotatable bonds is 10. The molecule has 0 aliphatic heterocycles. The molecule has 10 heteroatoms. The fourth-order valence-electron chi connectivity index (χ4n) is 3.06. The molecule has 0 heterocycles. The summed E-state index contributed by atoms with van der Waals surface area (Å²) >= 11 is 0. The highest BCUT2D eigenvalue weighted by atomic mass is 32.2. The van der Waals surface area contributed by atoms with E-state index in [9.17, 15) is 18.0 Å². The van der Waals surface area contributed by atoms with Crippen LogP contribution in [-0.4, -0.2) is 45.8 Å². The molecule has 168 valence electrons. The lowest BCUT2D eigenvalue weighted by atomic mass is 10.1. The van der Waals surface area contributed by atoms with Gasteiger partial charge >= 0.3 is 5.97 Å². The number of aryl methyl sites for hydroxylation is 1. The number of benzene rings is 2. The summed E-state index contributed by atoms with van der Waals surface area (Å²) in [5.41, 5.74) is 2.16. The van der Waals surface area contributed by atoms with Gasteiger partial charge in [-0.25, -0.2) is 13.9 Å². The number of hydrogen-bond acceptors (Lipinski definition) is 7. The Labute approximate surface area is 181 Å². The van der Waals surface area contributed by atoms with Crippen molar-refractivity contribution in [1.29, 1.82) is 0 Å². The van der Waals surface area contributed by atoms with Crippen molar-refractivity contribution in [2.24, 2.45) is 0 Å². The van der Waals surface area contributed by atoms with Gasteiger partial charge in [-0.15, -0.1) is 0 Å². The fourth-order valence-corrected chi connectivity index (χ4v) is 4.65. The quantitative estimate of drug-likeness (QED) is 0.324. The molecule has 2 rings (SSSR count). The van der Waals surface area contributed by atoms with Crippen molar-refractivity contribution in [2.75, 3.05) is 24.6 Å². The standard InChI is InChI=1S/C21H26N2O7S/c1-4-30-19(24)9-6-14-23(20-15(2)7-5-8-18(20)21(25)22-26)31(27,28)17-12-10-16(29-3)11-13-17/h5,7-8,10-13,26H,4,6,9,14H2,1-3H3,(H,22,25). The topological polar surface area (TPSA) is 122 Å². The number of nitrogens with one attached hydrogen (secondary N) is 1. The van der Waals surface area contributed by atoms with Crippen molar-refractivity contribution < 1.29 is 32.7 Å². The minimum atomic E-state index is -4.11. The third-order valence-corrected chi connectivity index (χ3v) is 6.34. The van der Waals surface area contributed by atoms with E-state index >= 15 is 0 Å². The van der Waals surface area contributed by atoms with Crippen LogP contribution in [0.2, 0.25) is 0 Å². The minimum Gasteiger partial charge on any atom is -0.497 e. The summed E-state index contributed by atoms with van der Waals surface area (Å²) in [7, 11) is -2.64. The number of anilines is 1.